The molecule has 0 radical (unpaired) electrons. The fourth-order valence-electron chi connectivity index (χ4n) is 2.72. The maximum atomic E-state index is 4.50. The predicted octanol–water partition coefficient (Wildman–Crippen LogP) is 2.51. The summed E-state index contributed by atoms with van der Waals surface area (Å²) in [5.74, 6) is 0. The summed E-state index contributed by atoms with van der Waals surface area (Å²) >= 11 is 0. The van der Waals surface area contributed by atoms with E-state index in [4.69, 9.17) is 0 Å². The van der Waals surface area contributed by atoms with Crippen LogP contribution in [0.2, 0.25) is 0 Å². The van der Waals surface area contributed by atoms with Crippen molar-refractivity contribution in [3.8, 4) is 0 Å². The highest BCUT2D eigenvalue weighted by Crippen LogP contribution is 2.29. The number of aromatic nitrogens is 1. The van der Waals surface area contributed by atoms with Crippen molar-refractivity contribution in [2.24, 2.45) is 0 Å². The van der Waals surface area contributed by atoms with Gasteiger partial charge in [0.15, 0.2) is 0 Å². The van der Waals surface area contributed by atoms with Crippen LogP contribution in [0.3, 0.4) is 0 Å². The number of rotatable bonds is 2. The summed E-state index contributed by atoms with van der Waals surface area (Å²) in [5, 5.41) is 0. The first-order valence-electron chi connectivity index (χ1n) is 6.29. The van der Waals surface area contributed by atoms with Crippen molar-refractivity contribution >= 4 is 5.57 Å². The Morgan fingerprint density at radius 3 is 3.00 bits per heavy atom. The second-order valence-corrected chi connectivity index (χ2v) is 4.75. The van der Waals surface area contributed by atoms with Crippen LogP contribution in [0, 0.1) is 0 Å². The molecule has 0 spiro atoms. The van der Waals surface area contributed by atoms with Gasteiger partial charge in [0.25, 0.3) is 0 Å². The van der Waals surface area contributed by atoms with Gasteiger partial charge in [0.1, 0.15) is 0 Å². The molecule has 0 N–H and O–H groups in total. The minimum absolute atomic E-state index is 1.12. The molecule has 1 aromatic heterocycles. The molecule has 1 aliphatic heterocycles. The van der Waals surface area contributed by atoms with Gasteiger partial charge in [-0.25, -0.2) is 0 Å². The summed E-state index contributed by atoms with van der Waals surface area (Å²) in [4.78, 5) is 7.03. The number of hydrogen-bond donors (Lipinski definition) is 0. The Labute approximate surface area is 97.0 Å². The van der Waals surface area contributed by atoms with Crippen LogP contribution in [0.15, 0.2) is 24.4 Å². The average Bonchev–Trinajstić information content (AvgIpc) is 2.96. The van der Waals surface area contributed by atoms with Crippen molar-refractivity contribution in [2.75, 3.05) is 19.6 Å². The zero-order valence-corrected chi connectivity index (χ0v) is 9.65. The third-order valence-electron chi connectivity index (χ3n) is 3.65. The summed E-state index contributed by atoms with van der Waals surface area (Å²) < 4.78 is 0. The zero-order valence-electron chi connectivity index (χ0n) is 9.65. The van der Waals surface area contributed by atoms with E-state index in [1.165, 1.54) is 55.6 Å². The summed E-state index contributed by atoms with van der Waals surface area (Å²) in [5.41, 5.74) is 4.14. The highest BCUT2D eigenvalue weighted by Gasteiger charge is 2.17. The first kappa shape index (κ1) is 10.0. The maximum Gasteiger partial charge on any atom is 0.0691 e. The SMILES string of the molecule is C(/CN1CCCC1)=C1/CCc2cccnc21. The number of allylic oxidation sites excluding steroid dienone is 1. The van der Waals surface area contributed by atoms with E-state index in [0.717, 1.165) is 6.54 Å². The lowest BCUT2D eigenvalue weighted by Crippen LogP contribution is -2.18. The van der Waals surface area contributed by atoms with Crippen LogP contribution in [0.4, 0.5) is 0 Å². The molecule has 0 amide bonds. The van der Waals surface area contributed by atoms with Crippen LogP contribution in [0.5, 0.6) is 0 Å². The Morgan fingerprint density at radius 1 is 1.25 bits per heavy atom. The van der Waals surface area contributed by atoms with Crippen molar-refractivity contribution in [1.29, 1.82) is 0 Å². The van der Waals surface area contributed by atoms with E-state index in [9.17, 15) is 0 Å². The Hall–Kier alpha value is -1.15. The molecule has 2 heterocycles. The second-order valence-electron chi connectivity index (χ2n) is 4.75. The molecule has 0 bridgehead atoms. The van der Waals surface area contributed by atoms with Gasteiger partial charge in [-0.05, 0) is 56.0 Å². The normalized spacial score (nSPS) is 22.9. The number of likely N-dealkylation sites (tertiary alicyclic amines) is 1. The minimum atomic E-state index is 1.12. The standard InChI is InChI=1S/C14H18N2/c1-2-10-16(9-1)11-7-13-6-5-12-4-3-8-15-14(12)13/h3-4,7-8H,1-2,5-6,9-11H2/b13-7+. The lowest BCUT2D eigenvalue weighted by molar-refractivity contribution is 0.377. The largest absolute Gasteiger partial charge is 0.300 e. The topological polar surface area (TPSA) is 16.1 Å². The maximum absolute atomic E-state index is 4.50. The minimum Gasteiger partial charge on any atom is -0.300 e. The molecule has 3 rings (SSSR count). The summed E-state index contributed by atoms with van der Waals surface area (Å²) in [7, 11) is 0. The van der Waals surface area contributed by atoms with Crippen molar-refractivity contribution in [3.63, 3.8) is 0 Å². The number of nitrogens with zero attached hydrogens (tertiary/aromatic N) is 2. The van der Waals surface area contributed by atoms with E-state index in [2.05, 4.69) is 22.0 Å². The van der Waals surface area contributed by atoms with Gasteiger partial charge in [0, 0.05) is 12.7 Å². The summed E-state index contributed by atoms with van der Waals surface area (Å²) in [6.45, 7) is 3.67. The molecule has 1 aliphatic carbocycles. The smallest absolute Gasteiger partial charge is 0.0691 e. The molecular formula is C14H18N2. The summed E-state index contributed by atoms with van der Waals surface area (Å²) in [6.07, 6.45) is 9.41. The molecule has 1 fully saturated rings. The Morgan fingerprint density at radius 2 is 2.12 bits per heavy atom. The third kappa shape index (κ3) is 1.90. The molecule has 84 valence electrons. The van der Waals surface area contributed by atoms with Gasteiger partial charge in [-0.1, -0.05) is 12.1 Å². The number of fused-ring (bicyclic) bond motifs is 1. The number of hydrogen-bond acceptors (Lipinski definition) is 2. The molecular weight excluding hydrogens is 196 g/mol. The molecule has 1 aromatic rings. The fourth-order valence-corrected chi connectivity index (χ4v) is 2.72. The Kier molecular flexibility index (Phi) is 2.75. The third-order valence-corrected chi connectivity index (χ3v) is 3.65. The van der Waals surface area contributed by atoms with Crippen molar-refractivity contribution in [1.82, 2.24) is 9.88 Å². The highest BCUT2D eigenvalue weighted by atomic mass is 15.1. The average molecular weight is 214 g/mol. The molecule has 1 saturated heterocycles. The van der Waals surface area contributed by atoms with Gasteiger partial charge in [-0.2, -0.15) is 0 Å². The first-order chi connectivity index (χ1) is 7.93. The van der Waals surface area contributed by atoms with E-state index >= 15 is 0 Å². The molecule has 2 aliphatic rings. The number of pyridine rings is 1. The molecule has 0 unspecified atom stereocenters. The van der Waals surface area contributed by atoms with Crippen LogP contribution in [-0.2, 0) is 6.42 Å². The predicted molar refractivity (Wildman–Crippen MR) is 66.2 cm³/mol. The van der Waals surface area contributed by atoms with E-state index in [1.54, 1.807) is 0 Å². The zero-order chi connectivity index (χ0) is 10.8. The van der Waals surface area contributed by atoms with Crippen LogP contribution < -0.4 is 0 Å². The van der Waals surface area contributed by atoms with Crippen LogP contribution >= 0.6 is 0 Å². The van der Waals surface area contributed by atoms with Crippen LogP contribution in [-0.4, -0.2) is 29.5 Å². The van der Waals surface area contributed by atoms with Gasteiger partial charge in [-0.3, -0.25) is 9.88 Å². The molecule has 0 aromatic carbocycles. The molecule has 16 heavy (non-hydrogen) atoms. The monoisotopic (exact) mass is 214 g/mol. The second kappa shape index (κ2) is 4.38. The van der Waals surface area contributed by atoms with Gasteiger partial charge >= 0.3 is 0 Å². The van der Waals surface area contributed by atoms with Gasteiger partial charge in [0.05, 0.1) is 5.69 Å². The molecule has 2 nitrogen and oxygen atoms in total. The van der Waals surface area contributed by atoms with Gasteiger partial charge in [-0.15, -0.1) is 0 Å². The van der Waals surface area contributed by atoms with E-state index in [1.807, 2.05) is 12.3 Å². The first-order valence-corrected chi connectivity index (χ1v) is 6.29. The quantitative estimate of drug-likeness (QED) is 0.752. The lowest BCUT2D eigenvalue weighted by atomic mass is 10.2. The lowest BCUT2D eigenvalue weighted by Gasteiger charge is -2.11. The Balaban J connectivity index is 1.74. The molecule has 0 atom stereocenters. The summed E-state index contributed by atoms with van der Waals surface area (Å²) in [6, 6.07) is 4.25. The van der Waals surface area contributed by atoms with Crippen LogP contribution in [0.1, 0.15) is 30.5 Å². The molecule has 0 saturated carbocycles. The van der Waals surface area contributed by atoms with E-state index in [-0.39, 0.29) is 0 Å². The van der Waals surface area contributed by atoms with Crippen molar-refractivity contribution in [2.45, 2.75) is 25.7 Å². The van der Waals surface area contributed by atoms with Crippen LogP contribution in [0.25, 0.3) is 5.57 Å². The van der Waals surface area contributed by atoms with E-state index in [0.29, 0.717) is 0 Å². The van der Waals surface area contributed by atoms with E-state index < -0.39 is 0 Å². The van der Waals surface area contributed by atoms with Gasteiger partial charge in [0.2, 0.25) is 0 Å². The molecule has 2 heteroatoms. The van der Waals surface area contributed by atoms with Crippen molar-refractivity contribution in [3.05, 3.63) is 35.7 Å². The fraction of sp³-hybridized carbons (Fsp3) is 0.500. The Bertz CT molecular complexity index is 403. The highest BCUT2D eigenvalue weighted by molar-refractivity contribution is 5.69. The van der Waals surface area contributed by atoms with Gasteiger partial charge < -0.3 is 0 Å². The number of aryl methyl sites for hydroxylation is 1. The van der Waals surface area contributed by atoms with Crippen molar-refractivity contribution < 1.29 is 0 Å².